The first-order valence-electron chi connectivity index (χ1n) is 10.3. The Labute approximate surface area is 165 Å². The van der Waals surface area contributed by atoms with Crippen molar-refractivity contribution in [3.63, 3.8) is 0 Å². The summed E-state index contributed by atoms with van der Waals surface area (Å²) in [7, 11) is 0. The third kappa shape index (κ3) is 3.94. The average molecular weight is 384 g/mol. The van der Waals surface area contributed by atoms with Crippen LogP contribution in [0.4, 0.5) is 0 Å². The van der Waals surface area contributed by atoms with Gasteiger partial charge in [-0.25, -0.2) is 4.98 Å². The van der Waals surface area contributed by atoms with Crippen molar-refractivity contribution in [2.24, 2.45) is 5.92 Å². The molecule has 4 rings (SSSR count). The topological polar surface area (TPSA) is 81.4 Å². The van der Waals surface area contributed by atoms with Gasteiger partial charge in [-0.3, -0.25) is 9.78 Å². The molecule has 0 aliphatic carbocycles. The van der Waals surface area contributed by atoms with E-state index in [4.69, 9.17) is 14.2 Å². The lowest BCUT2D eigenvalue weighted by Crippen LogP contribution is -2.41. The quantitative estimate of drug-likeness (QED) is 0.788. The first-order chi connectivity index (χ1) is 13.6. The van der Waals surface area contributed by atoms with E-state index < -0.39 is 0 Å². The van der Waals surface area contributed by atoms with Gasteiger partial charge in [-0.2, -0.15) is 0 Å². The number of aryl methyl sites for hydroxylation is 3. The standard InChI is InChI=1S/C21H28N4O3/c1-14-20(15(2)28-24-14)19-13-22-12-17(23-19)5-6-18-4-3-9-25(18)21(26)16-7-10-27-11-8-16/h12-13,16,18H,3-11H2,1-2H3. The summed E-state index contributed by atoms with van der Waals surface area (Å²) in [5.74, 6) is 1.21. The number of hydrogen-bond acceptors (Lipinski definition) is 6. The van der Waals surface area contributed by atoms with Crippen LogP contribution < -0.4 is 0 Å². The van der Waals surface area contributed by atoms with Crippen LogP contribution in [0.15, 0.2) is 16.9 Å². The highest BCUT2D eigenvalue weighted by Gasteiger charge is 2.33. The molecule has 2 aromatic heterocycles. The monoisotopic (exact) mass is 384 g/mol. The Balaban J connectivity index is 1.41. The number of carbonyl (C=O) groups excluding carboxylic acids is 1. The van der Waals surface area contributed by atoms with Crippen molar-refractivity contribution in [2.75, 3.05) is 19.8 Å². The van der Waals surface area contributed by atoms with Crippen molar-refractivity contribution in [3.8, 4) is 11.3 Å². The van der Waals surface area contributed by atoms with Crippen molar-refractivity contribution >= 4 is 5.91 Å². The van der Waals surface area contributed by atoms with Crippen LogP contribution in [0.2, 0.25) is 0 Å². The fraction of sp³-hybridized carbons (Fsp3) is 0.619. The first kappa shape index (κ1) is 19.1. The highest BCUT2D eigenvalue weighted by Crippen LogP contribution is 2.28. The van der Waals surface area contributed by atoms with E-state index in [1.807, 2.05) is 20.0 Å². The molecule has 0 N–H and O–H groups in total. The molecule has 1 unspecified atom stereocenters. The summed E-state index contributed by atoms with van der Waals surface area (Å²) in [4.78, 5) is 24.2. The van der Waals surface area contributed by atoms with Crippen LogP contribution in [0.5, 0.6) is 0 Å². The molecule has 4 heterocycles. The summed E-state index contributed by atoms with van der Waals surface area (Å²) >= 11 is 0. The number of rotatable bonds is 5. The highest BCUT2D eigenvalue weighted by atomic mass is 16.5. The molecule has 1 amide bonds. The molecule has 0 aromatic carbocycles. The van der Waals surface area contributed by atoms with Gasteiger partial charge in [0.15, 0.2) is 0 Å². The van der Waals surface area contributed by atoms with E-state index in [0.717, 1.165) is 73.5 Å². The molecule has 150 valence electrons. The fourth-order valence-electron chi connectivity index (χ4n) is 4.42. The molecule has 7 nitrogen and oxygen atoms in total. The van der Waals surface area contributed by atoms with Crippen LogP contribution in [-0.2, 0) is 16.0 Å². The second kappa shape index (κ2) is 8.39. The number of nitrogens with zero attached hydrogens (tertiary/aromatic N) is 4. The van der Waals surface area contributed by atoms with Crippen LogP contribution in [0.3, 0.4) is 0 Å². The van der Waals surface area contributed by atoms with Crippen LogP contribution in [0.1, 0.15) is 49.3 Å². The zero-order valence-electron chi connectivity index (χ0n) is 16.7. The summed E-state index contributed by atoms with van der Waals surface area (Å²) in [6.45, 7) is 6.10. The minimum absolute atomic E-state index is 0.136. The molecule has 0 saturated carbocycles. The maximum Gasteiger partial charge on any atom is 0.226 e. The van der Waals surface area contributed by atoms with Crippen molar-refractivity contribution in [2.45, 2.75) is 58.4 Å². The molecule has 2 aromatic rings. The molecular weight excluding hydrogens is 356 g/mol. The van der Waals surface area contributed by atoms with E-state index in [9.17, 15) is 4.79 Å². The van der Waals surface area contributed by atoms with Gasteiger partial charge in [0.2, 0.25) is 5.91 Å². The molecule has 2 aliphatic rings. The lowest BCUT2D eigenvalue weighted by atomic mass is 9.97. The van der Waals surface area contributed by atoms with E-state index in [1.165, 1.54) is 0 Å². The largest absolute Gasteiger partial charge is 0.381 e. The third-order valence-corrected chi connectivity index (χ3v) is 5.94. The van der Waals surface area contributed by atoms with Crippen LogP contribution in [-0.4, -0.2) is 51.7 Å². The Morgan fingerprint density at radius 1 is 1.21 bits per heavy atom. The van der Waals surface area contributed by atoms with Gasteiger partial charge in [-0.05, 0) is 52.4 Å². The molecule has 2 saturated heterocycles. The van der Waals surface area contributed by atoms with Crippen LogP contribution in [0.25, 0.3) is 11.3 Å². The van der Waals surface area contributed by atoms with Crippen molar-refractivity contribution in [3.05, 3.63) is 29.5 Å². The molecule has 7 heteroatoms. The normalized spacial score (nSPS) is 20.6. The molecule has 2 aliphatic heterocycles. The van der Waals surface area contributed by atoms with E-state index in [1.54, 1.807) is 6.20 Å². The molecule has 1 atom stereocenters. The molecule has 0 radical (unpaired) electrons. The number of hydrogen-bond donors (Lipinski definition) is 0. The van der Waals surface area contributed by atoms with E-state index >= 15 is 0 Å². The van der Waals surface area contributed by atoms with Gasteiger partial charge in [0.05, 0.1) is 28.8 Å². The number of aromatic nitrogens is 3. The van der Waals surface area contributed by atoms with Crippen molar-refractivity contribution < 1.29 is 14.1 Å². The van der Waals surface area contributed by atoms with Gasteiger partial charge < -0.3 is 14.2 Å². The number of amides is 1. The van der Waals surface area contributed by atoms with Gasteiger partial charge >= 0.3 is 0 Å². The Hall–Kier alpha value is -2.28. The lowest BCUT2D eigenvalue weighted by molar-refractivity contribution is -0.139. The Kier molecular flexibility index (Phi) is 5.71. The Bertz CT molecular complexity index is 809. The second-order valence-electron chi connectivity index (χ2n) is 7.85. The van der Waals surface area contributed by atoms with Gasteiger partial charge in [0, 0.05) is 37.9 Å². The minimum atomic E-state index is 0.136. The summed E-state index contributed by atoms with van der Waals surface area (Å²) < 4.78 is 10.7. The first-order valence-corrected chi connectivity index (χ1v) is 10.3. The van der Waals surface area contributed by atoms with E-state index in [-0.39, 0.29) is 5.92 Å². The maximum absolute atomic E-state index is 12.9. The smallest absolute Gasteiger partial charge is 0.226 e. The fourth-order valence-corrected chi connectivity index (χ4v) is 4.42. The Morgan fingerprint density at radius 3 is 2.79 bits per heavy atom. The molecule has 2 fully saturated rings. The van der Waals surface area contributed by atoms with E-state index in [2.05, 4.69) is 15.0 Å². The summed E-state index contributed by atoms with van der Waals surface area (Å²) in [5, 5.41) is 4.01. The van der Waals surface area contributed by atoms with Crippen molar-refractivity contribution in [1.29, 1.82) is 0 Å². The molecule has 0 spiro atoms. The Morgan fingerprint density at radius 2 is 2.04 bits per heavy atom. The molecule has 0 bridgehead atoms. The van der Waals surface area contributed by atoms with Crippen LogP contribution in [0, 0.1) is 19.8 Å². The van der Waals surface area contributed by atoms with Gasteiger partial charge in [-0.15, -0.1) is 0 Å². The summed E-state index contributed by atoms with van der Waals surface area (Å²) in [6, 6.07) is 0.305. The van der Waals surface area contributed by atoms with Gasteiger partial charge in [0.1, 0.15) is 5.76 Å². The average Bonchev–Trinajstić information content (AvgIpc) is 3.33. The van der Waals surface area contributed by atoms with E-state index in [0.29, 0.717) is 25.2 Å². The number of carbonyl (C=O) groups is 1. The predicted molar refractivity (Wildman–Crippen MR) is 104 cm³/mol. The van der Waals surface area contributed by atoms with Gasteiger partial charge in [-0.1, -0.05) is 5.16 Å². The van der Waals surface area contributed by atoms with Crippen molar-refractivity contribution in [1.82, 2.24) is 20.0 Å². The minimum Gasteiger partial charge on any atom is -0.381 e. The van der Waals surface area contributed by atoms with Gasteiger partial charge in [0.25, 0.3) is 0 Å². The number of likely N-dealkylation sites (tertiary alicyclic amines) is 1. The second-order valence-corrected chi connectivity index (χ2v) is 7.85. The van der Waals surface area contributed by atoms with Crippen LogP contribution >= 0.6 is 0 Å². The SMILES string of the molecule is Cc1noc(C)c1-c1cncc(CCC2CCCN2C(=O)C2CCOCC2)n1. The highest BCUT2D eigenvalue weighted by molar-refractivity contribution is 5.79. The number of ether oxygens (including phenoxy) is 1. The third-order valence-electron chi connectivity index (χ3n) is 5.94. The predicted octanol–water partition coefficient (Wildman–Crippen LogP) is 3.10. The zero-order valence-corrected chi connectivity index (χ0v) is 16.7. The maximum atomic E-state index is 12.9. The summed E-state index contributed by atoms with van der Waals surface area (Å²) in [5.41, 5.74) is 3.50. The summed E-state index contributed by atoms with van der Waals surface area (Å²) in [6.07, 6.45) is 9.19. The molecule has 28 heavy (non-hydrogen) atoms. The zero-order chi connectivity index (χ0) is 19.5. The molecular formula is C21H28N4O3. The lowest BCUT2D eigenvalue weighted by Gasteiger charge is -2.30.